The van der Waals surface area contributed by atoms with Crippen molar-refractivity contribution in [3.8, 4) is 0 Å². The quantitative estimate of drug-likeness (QED) is 0.857. The van der Waals surface area contributed by atoms with Crippen LogP contribution in [0.3, 0.4) is 0 Å². The second-order valence-electron chi connectivity index (χ2n) is 7.24. The molecule has 0 radical (unpaired) electrons. The number of nitrogens with zero attached hydrogens (tertiary/aromatic N) is 4. The van der Waals surface area contributed by atoms with Gasteiger partial charge in [-0.05, 0) is 52.4 Å². The predicted octanol–water partition coefficient (Wildman–Crippen LogP) is 1.60. The van der Waals surface area contributed by atoms with E-state index in [1.807, 2.05) is 13.8 Å². The van der Waals surface area contributed by atoms with Crippen LogP contribution in [0.1, 0.15) is 62.9 Å². The van der Waals surface area contributed by atoms with Gasteiger partial charge in [0.2, 0.25) is 5.91 Å². The Bertz CT molecular complexity index is 594. The fourth-order valence-corrected chi connectivity index (χ4v) is 3.28. The van der Waals surface area contributed by atoms with Crippen molar-refractivity contribution in [1.82, 2.24) is 25.2 Å². The third-order valence-electron chi connectivity index (χ3n) is 4.72. The SMILES string of the molecule is CC(C)NC(=O)c1cn(CC[C@H]2CCCCN2C(=O)C2CC2)nn1. The zero-order chi connectivity index (χ0) is 17.1. The molecule has 2 amide bonds. The van der Waals surface area contributed by atoms with Crippen molar-refractivity contribution in [2.45, 2.75) is 71.0 Å². The molecular weight excluding hydrogens is 306 g/mol. The summed E-state index contributed by atoms with van der Waals surface area (Å²) in [6.07, 6.45) is 8.02. The van der Waals surface area contributed by atoms with Crippen molar-refractivity contribution in [2.24, 2.45) is 5.92 Å². The Labute approximate surface area is 142 Å². The van der Waals surface area contributed by atoms with Crippen molar-refractivity contribution < 1.29 is 9.59 Å². The maximum absolute atomic E-state index is 12.4. The zero-order valence-electron chi connectivity index (χ0n) is 14.6. The molecule has 3 rings (SSSR count). The van der Waals surface area contributed by atoms with Gasteiger partial charge < -0.3 is 10.2 Å². The molecule has 0 aromatic carbocycles. The first-order chi connectivity index (χ1) is 11.5. The number of aryl methyl sites for hydroxylation is 1. The molecule has 0 spiro atoms. The molecule has 7 heteroatoms. The summed E-state index contributed by atoms with van der Waals surface area (Å²) in [5.74, 6) is 0.429. The summed E-state index contributed by atoms with van der Waals surface area (Å²) in [4.78, 5) is 26.4. The van der Waals surface area contributed by atoms with Crippen LogP contribution in [0.2, 0.25) is 0 Å². The minimum Gasteiger partial charge on any atom is -0.348 e. The number of amides is 2. The lowest BCUT2D eigenvalue weighted by molar-refractivity contribution is -0.136. The van der Waals surface area contributed by atoms with Crippen LogP contribution in [0.25, 0.3) is 0 Å². The van der Waals surface area contributed by atoms with Gasteiger partial charge in [0.1, 0.15) is 0 Å². The minimum absolute atomic E-state index is 0.0758. The van der Waals surface area contributed by atoms with Gasteiger partial charge >= 0.3 is 0 Å². The maximum Gasteiger partial charge on any atom is 0.273 e. The van der Waals surface area contributed by atoms with Crippen LogP contribution in [0, 0.1) is 5.92 Å². The fraction of sp³-hybridized carbons (Fsp3) is 0.765. The lowest BCUT2D eigenvalue weighted by Gasteiger charge is -2.36. The minimum atomic E-state index is -0.195. The normalized spacial score (nSPS) is 21.1. The summed E-state index contributed by atoms with van der Waals surface area (Å²) in [5.41, 5.74) is 0.346. The van der Waals surface area contributed by atoms with Crippen molar-refractivity contribution in [2.75, 3.05) is 6.54 Å². The molecule has 2 aliphatic rings. The van der Waals surface area contributed by atoms with Crippen LogP contribution in [0.5, 0.6) is 0 Å². The average molecular weight is 333 g/mol. The summed E-state index contributed by atoms with van der Waals surface area (Å²) in [7, 11) is 0. The van der Waals surface area contributed by atoms with Gasteiger partial charge in [-0.25, -0.2) is 0 Å². The molecule has 132 valence electrons. The molecule has 1 saturated heterocycles. The van der Waals surface area contributed by atoms with E-state index in [9.17, 15) is 9.59 Å². The number of hydrogen-bond acceptors (Lipinski definition) is 4. The maximum atomic E-state index is 12.4. The summed E-state index contributed by atoms with van der Waals surface area (Å²) < 4.78 is 1.71. The number of carbonyl (C=O) groups excluding carboxylic acids is 2. The number of aromatic nitrogens is 3. The molecule has 0 unspecified atom stereocenters. The van der Waals surface area contributed by atoms with E-state index in [2.05, 4.69) is 20.5 Å². The van der Waals surface area contributed by atoms with Crippen molar-refractivity contribution in [3.05, 3.63) is 11.9 Å². The molecule has 7 nitrogen and oxygen atoms in total. The monoisotopic (exact) mass is 333 g/mol. The molecule has 2 heterocycles. The van der Waals surface area contributed by atoms with Crippen LogP contribution in [0.4, 0.5) is 0 Å². The average Bonchev–Trinajstić information content (AvgIpc) is 3.30. The molecule has 1 saturated carbocycles. The molecule has 1 aromatic rings. The molecule has 0 bridgehead atoms. The van der Waals surface area contributed by atoms with Gasteiger partial charge in [0.05, 0.1) is 6.20 Å². The van der Waals surface area contributed by atoms with Crippen molar-refractivity contribution >= 4 is 11.8 Å². The van der Waals surface area contributed by atoms with Crippen molar-refractivity contribution in [3.63, 3.8) is 0 Å². The first-order valence-electron chi connectivity index (χ1n) is 9.06. The Morgan fingerprint density at radius 2 is 2.08 bits per heavy atom. The van der Waals surface area contributed by atoms with Crippen LogP contribution in [-0.2, 0) is 11.3 Å². The summed E-state index contributed by atoms with van der Waals surface area (Å²) in [6, 6.07) is 0.371. The summed E-state index contributed by atoms with van der Waals surface area (Å²) in [6.45, 7) is 5.40. The second-order valence-corrected chi connectivity index (χ2v) is 7.24. The Kier molecular flexibility index (Phi) is 5.16. The Morgan fingerprint density at radius 1 is 1.29 bits per heavy atom. The molecule has 2 fully saturated rings. The van der Waals surface area contributed by atoms with E-state index in [-0.39, 0.29) is 17.9 Å². The number of nitrogens with one attached hydrogen (secondary N) is 1. The van der Waals surface area contributed by atoms with E-state index >= 15 is 0 Å². The lowest BCUT2D eigenvalue weighted by atomic mass is 9.98. The van der Waals surface area contributed by atoms with Gasteiger partial charge in [0.25, 0.3) is 5.91 Å². The largest absolute Gasteiger partial charge is 0.348 e. The molecular formula is C17H27N5O2. The van der Waals surface area contributed by atoms with E-state index in [1.54, 1.807) is 10.9 Å². The van der Waals surface area contributed by atoms with E-state index in [4.69, 9.17) is 0 Å². The van der Waals surface area contributed by atoms with E-state index in [1.165, 1.54) is 6.42 Å². The molecule has 1 aromatic heterocycles. The topological polar surface area (TPSA) is 80.1 Å². The highest BCUT2D eigenvalue weighted by molar-refractivity contribution is 5.91. The molecule has 1 N–H and O–H groups in total. The summed E-state index contributed by atoms with van der Waals surface area (Å²) >= 11 is 0. The second kappa shape index (κ2) is 7.32. The Balaban J connectivity index is 1.55. The first kappa shape index (κ1) is 16.9. The number of hydrogen-bond donors (Lipinski definition) is 1. The highest BCUT2D eigenvalue weighted by atomic mass is 16.2. The van der Waals surface area contributed by atoms with Gasteiger partial charge in [-0.2, -0.15) is 0 Å². The highest BCUT2D eigenvalue weighted by Gasteiger charge is 2.37. The number of likely N-dealkylation sites (tertiary alicyclic amines) is 1. The third kappa shape index (κ3) is 4.13. The predicted molar refractivity (Wildman–Crippen MR) is 89.3 cm³/mol. The van der Waals surface area contributed by atoms with E-state index in [0.29, 0.717) is 24.2 Å². The molecule has 24 heavy (non-hydrogen) atoms. The Hall–Kier alpha value is -1.92. The van der Waals surface area contributed by atoms with Crippen LogP contribution < -0.4 is 5.32 Å². The van der Waals surface area contributed by atoms with Gasteiger partial charge in [0, 0.05) is 31.1 Å². The molecule has 1 aliphatic carbocycles. The fourth-order valence-electron chi connectivity index (χ4n) is 3.28. The smallest absolute Gasteiger partial charge is 0.273 e. The standard InChI is InChI=1S/C17H27N5O2/c1-12(2)18-16(23)15-11-21(20-19-15)10-8-14-5-3-4-9-22(14)17(24)13-6-7-13/h11-14H,3-10H2,1-2H3,(H,18,23)/t14-/m1/s1. The van der Waals surface area contributed by atoms with Gasteiger partial charge in [-0.3, -0.25) is 14.3 Å². The number of rotatable bonds is 6. The summed E-state index contributed by atoms with van der Waals surface area (Å²) in [5, 5.41) is 10.8. The molecule has 1 aliphatic heterocycles. The number of piperidine rings is 1. The highest BCUT2D eigenvalue weighted by Crippen LogP contribution is 2.33. The lowest BCUT2D eigenvalue weighted by Crippen LogP contribution is -2.45. The van der Waals surface area contributed by atoms with Crippen LogP contribution >= 0.6 is 0 Å². The number of carbonyl (C=O) groups is 2. The van der Waals surface area contributed by atoms with Crippen LogP contribution in [-0.4, -0.2) is 50.3 Å². The van der Waals surface area contributed by atoms with E-state index in [0.717, 1.165) is 38.6 Å². The zero-order valence-corrected chi connectivity index (χ0v) is 14.6. The van der Waals surface area contributed by atoms with Gasteiger partial charge in [-0.15, -0.1) is 5.10 Å². The third-order valence-corrected chi connectivity index (χ3v) is 4.72. The van der Waals surface area contributed by atoms with Gasteiger partial charge in [-0.1, -0.05) is 5.21 Å². The van der Waals surface area contributed by atoms with Crippen LogP contribution in [0.15, 0.2) is 6.20 Å². The van der Waals surface area contributed by atoms with E-state index < -0.39 is 0 Å². The van der Waals surface area contributed by atoms with Crippen molar-refractivity contribution in [1.29, 1.82) is 0 Å². The molecule has 1 atom stereocenters. The first-order valence-corrected chi connectivity index (χ1v) is 9.06. The Morgan fingerprint density at radius 3 is 2.79 bits per heavy atom. The van der Waals surface area contributed by atoms with Gasteiger partial charge in [0.15, 0.2) is 5.69 Å².